The van der Waals surface area contributed by atoms with E-state index in [0.29, 0.717) is 17.3 Å². The first-order valence-corrected chi connectivity index (χ1v) is 11.5. The third-order valence-corrected chi connectivity index (χ3v) is 5.83. The van der Waals surface area contributed by atoms with Gasteiger partial charge >= 0.3 is 0 Å². The lowest BCUT2D eigenvalue weighted by atomic mass is 10.1. The lowest BCUT2D eigenvalue weighted by molar-refractivity contribution is -0.112. The number of carbonyl (C=O) groups is 1. The van der Waals surface area contributed by atoms with Crippen LogP contribution in [-0.4, -0.2) is 10.5 Å². The van der Waals surface area contributed by atoms with Crippen LogP contribution in [0.15, 0.2) is 90.5 Å². The minimum Gasteiger partial charge on any atom is -0.489 e. The van der Waals surface area contributed by atoms with E-state index < -0.39 is 5.91 Å². The Bertz CT molecular complexity index is 1400. The van der Waals surface area contributed by atoms with Crippen molar-refractivity contribution in [2.75, 3.05) is 5.32 Å². The lowest BCUT2D eigenvalue weighted by Crippen LogP contribution is -2.13. The molecule has 3 aromatic carbocycles. The second-order valence-corrected chi connectivity index (χ2v) is 8.50. The Balaban J connectivity index is 1.51. The van der Waals surface area contributed by atoms with E-state index in [2.05, 4.69) is 9.88 Å². The van der Waals surface area contributed by atoms with Gasteiger partial charge in [0.15, 0.2) is 0 Å². The molecule has 0 atom stereocenters. The van der Waals surface area contributed by atoms with Gasteiger partial charge in [-0.15, -0.1) is 0 Å². The number of aryl methyl sites for hydroxylation is 1. The molecule has 0 aliphatic heterocycles. The fourth-order valence-electron chi connectivity index (χ4n) is 3.80. The molecule has 0 saturated heterocycles. The van der Waals surface area contributed by atoms with Crippen LogP contribution in [-0.2, 0) is 11.4 Å². The number of halogens is 1. The van der Waals surface area contributed by atoms with Crippen molar-refractivity contribution in [1.29, 1.82) is 5.26 Å². The van der Waals surface area contributed by atoms with Gasteiger partial charge < -0.3 is 14.6 Å². The smallest absolute Gasteiger partial charge is 0.266 e. The molecular weight excluding hydrogens is 458 g/mol. The number of nitrogens with zero attached hydrogens (tertiary/aromatic N) is 2. The number of carbonyl (C=O) groups excluding carboxylic acids is 1. The summed E-state index contributed by atoms with van der Waals surface area (Å²) < 4.78 is 7.97. The van der Waals surface area contributed by atoms with Gasteiger partial charge in [0.2, 0.25) is 0 Å². The van der Waals surface area contributed by atoms with Gasteiger partial charge in [-0.1, -0.05) is 41.9 Å². The molecule has 174 valence electrons. The Morgan fingerprint density at radius 3 is 2.37 bits per heavy atom. The summed E-state index contributed by atoms with van der Waals surface area (Å²) in [6, 6.07) is 28.6. The number of rotatable bonds is 7. The first-order chi connectivity index (χ1) is 16.9. The molecule has 0 radical (unpaired) electrons. The molecule has 0 fully saturated rings. The van der Waals surface area contributed by atoms with Gasteiger partial charge in [0, 0.05) is 27.8 Å². The van der Waals surface area contributed by atoms with Crippen LogP contribution in [0.2, 0.25) is 5.02 Å². The highest BCUT2D eigenvalue weighted by molar-refractivity contribution is 6.30. The highest BCUT2D eigenvalue weighted by atomic mass is 35.5. The number of amides is 1. The zero-order valence-electron chi connectivity index (χ0n) is 19.5. The predicted octanol–water partition coefficient (Wildman–Crippen LogP) is 6.87. The summed E-state index contributed by atoms with van der Waals surface area (Å²) in [4.78, 5) is 12.7. The van der Waals surface area contributed by atoms with Crippen molar-refractivity contribution in [3.05, 3.63) is 118 Å². The largest absolute Gasteiger partial charge is 0.489 e. The topological polar surface area (TPSA) is 67.0 Å². The van der Waals surface area contributed by atoms with E-state index in [1.807, 2.05) is 80.6 Å². The maximum absolute atomic E-state index is 12.7. The number of aromatic nitrogens is 1. The van der Waals surface area contributed by atoms with E-state index in [1.54, 1.807) is 30.3 Å². The summed E-state index contributed by atoms with van der Waals surface area (Å²) in [6.07, 6.45) is 1.61. The molecule has 0 saturated carbocycles. The Kier molecular flexibility index (Phi) is 7.35. The van der Waals surface area contributed by atoms with Crippen LogP contribution in [0.3, 0.4) is 0 Å². The second-order valence-electron chi connectivity index (χ2n) is 8.06. The summed E-state index contributed by atoms with van der Waals surface area (Å²) in [5.41, 5.74) is 5.38. The molecule has 4 aromatic rings. The molecule has 1 amide bonds. The SMILES string of the molecule is Cc1cc(/C=C(/C#N)C(=O)Nc2ccc(Cl)cc2)c(C)n1-c1ccc(OCc2ccccc2)cc1. The van der Waals surface area contributed by atoms with E-state index >= 15 is 0 Å². The molecule has 0 bridgehead atoms. The minimum atomic E-state index is -0.473. The number of benzene rings is 3. The van der Waals surface area contributed by atoms with Crippen molar-refractivity contribution in [3.63, 3.8) is 0 Å². The predicted molar refractivity (Wildman–Crippen MR) is 140 cm³/mol. The molecule has 5 nitrogen and oxygen atoms in total. The highest BCUT2D eigenvalue weighted by Gasteiger charge is 2.14. The lowest BCUT2D eigenvalue weighted by Gasteiger charge is -2.11. The fraction of sp³-hybridized carbons (Fsp3) is 0.103. The summed E-state index contributed by atoms with van der Waals surface area (Å²) in [5, 5.41) is 12.9. The van der Waals surface area contributed by atoms with E-state index in [1.165, 1.54) is 0 Å². The van der Waals surface area contributed by atoms with Crippen molar-refractivity contribution in [2.45, 2.75) is 20.5 Å². The molecule has 35 heavy (non-hydrogen) atoms. The number of nitrogens with one attached hydrogen (secondary N) is 1. The molecule has 6 heteroatoms. The summed E-state index contributed by atoms with van der Waals surface area (Å²) >= 11 is 5.89. The quantitative estimate of drug-likeness (QED) is 0.231. The molecule has 0 aliphatic carbocycles. The van der Waals surface area contributed by atoms with Crippen LogP contribution in [0.25, 0.3) is 11.8 Å². The zero-order valence-corrected chi connectivity index (χ0v) is 20.2. The minimum absolute atomic E-state index is 0.0184. The van der Waals surface area contributed by atoms with Crippen molar-refractivity contribution >= 4 is 29.3 Å². The fourth-order valence-corrected chi connectivity index (χ4v) is 3.93. The van der Waals surface area contributed by atoms with Crippen molar-refractivity contribution in [1.82, 2.24) is 4.57 Å². The van der Waals surface area contributed by atoms with Gasteiger partial charge in [0.05, 0.1) is 0 Å². The van der Waals surface area contributed by atoms with Gasteiger partial charge in [0.25, 0.3) is 5.91 Å². The van der Waals surface area contributed by atoms with Crippen molar-refractivity contribution in [2.24, 2.45) is 0 Å². The van der Waals surface area contributed by atoms with E-state index in [4.69, 9.17) is 16.3 Å². The van der Waals surface area contributed by atoms with Gasteiger partial charge in [-0.2, -0.15) is 5.26 Å². The number of hydrogen-bond donors (Lipinski definition) is 1. The van der Waals surface area contributed by atoms with Gasteiger partial charge in [0.1, 0.15) is 24.0 Å². The van der Waals surface area contributed by atoms with Gasteiger partial charge in [-0.05, 0) is 85.6 Å². The maximum atomic E-state index is 12.7. The molecule has 1 aromatic heterocycles. The van der Waals surface area contributed by atoms with Gasteiger partial charge in [-0.25, -0.2) is 0 Å². The molecule has 4 rings (SSSR count). The third-order valence-electron chi connectivity index (χ3n) is 5.58. The normalized spacial score (nSPS) is 11.1. The second kappa shape index (κ2) is 10.8. The number of ether oxygens (including phenoxy) is 1. The molecular formula is C29H24ClN3O2. The molecule has 0 aliphatic rings. The summed E-state index contributed by atoms with van der Waals surface area (Å²) in [5.74, 6) is 0.311. The molecule has 0 spiro atoms. The molecule has 1 heterocycles. The first-order valence-electron chi connectivity index (χ1n) is 11.1. The van der Waals surface area contributed by atoms with Crippen LogP contribution in [0.1, 0.15) is 22.5 Å². The highest BCUT2D eigenvalue weighted by Crippen LogP contribution is 2.25. The standard InChI is InChI=1S/C29H24ClN3O2/c1-20-16-23(17-24(18-31)29(34)32-26-10-8-25(30)9-11-26)21(2)33(20)27-12-14-28(15-13-27)35-19-22-6-4-3-5-7-22/h3-17H,19H2,1-2H3,(H,32,34)/b24-17-. The van der Waals surface area contributed by atoms with Crippen molar-refractivity contribution < 1.29 is 9.53 Å². The van der Waals surface area contributed by atoms with Crippen LogP contribution < -0.4 is 10.1 Å². The van der Waals surface area contributed by atoms with Crippen LogP contribution >= 0.6 is 11.6 Å². The average molecular weight is 482 g/mol. The maximum Gasteiger partial charge on any atom is 0.266 e. The van der Waals surface area contributed by atoms with Crippen LogP contribution in [0.4, 0.5) is 5.69 Å². The number of hydrogen-bond acceptors (Lipinski definition) is 3. The Morgan fingerprint density at radius 1 is 1.03 bits per heavy atom. The first kappa shape index (κ1) is 23.9. The monoisotopic (exact) mass is 481 g/mol. The third kappa shape index (κ3) is 5.81. The Hall–Kier alpha value is -4.27. The van der Waals surface area contributed by atoms with Crippen LogP contribution in [0, 0.1) is 25.2 Å². The van der Waals surface area contributed by atoms with Crippen LogP contribution in [0.5, 0.6) is 5.75 Å². The van der Waals surface area contributed by atoms with E-state index in [0.717, 1.165) is 34.0 Å². The summed E-state index contributed by atoms with van der Waals surface area (Å²) in [7, 11) is 0. The Labute approximate surface area is 209 Å². The number of nitriles is 1. The number of anilines is 1. The molecule has 0 unspecified atom stereocenters. The van der Waals surface area contributed by atoms with Gasteiger partial charge in [-0.3, -0.25) is 4.79 Å². The zero-order chi connectivity index (χ0) is 24.8. The van der Waals surface area contributed by atoms with E-state index in [9.17, 15) is 10.1 Å². The summed E-state index contributed by atoms with van der Waals surface area (Å²) in [6.45, 7) is 4.46. The average Bonchev–Trinajstić information content (AvgIpc) is 3.16. The van der Waals surface area contributed by atoms with E-state index in [-0.39, 0.29) is 5.57 Å². The Morgan fingerprint density at radius 2 is 1.71 bits per heavy atom. The van der Waals surface area contributed by atoms with Crippen molar-refractivity contribution in [3.8, 4) is 17.5 Å². The molecule has 1 N–H and O–H groups in total.